The van der Waals surface area contributed by atoms with Crippen LogP contribution in [0.2, 0.25) is 0 Å². The summed E-state index contributed by atoms with van der Waals surface area (Å²) in [6, 6.07) is 4.18. The van der Waals surface area contributed by atoms with E-state index in [2.05, 4.69) is 22.8 Å². The maximum atomic E-state index is 11.6. The van der Waals surface area contributed by atoms with Crippen molar-refractivity contribution in [1.29, 1.82) is 0 Å². The van der Waals surface area contributed by atoms with Crippen LogP contribution in [-0.2, 0) is 16.1 Å². The molecule has 0 fully saturated rings. The molecule has 4 N–H and O–H groups in total. The maximum absolute atomic E-state index is 11.6. The zero-order valence-electron chi connectivity index (χ0n) is 12.1. The number of amides is 2. The van der Waals surface area contributed by atoms with Crippen LogP contribution in [0, 0.1) is 20.8 Å². The molecule has 0 atom stereocenters. The monoisotopic (exact) mass is 299 g/mol. The molecule has 6 heteroatoms. The minimum Gasteiger partial charge on any atom is -0.350 e. The van der Waals surface area contributed by atoms with Gasteiger partial charge < -0.3 is 16.4 Å². The number of benzene rings is 1. The smallest absolute Gasteiger partial charge is 0.239 e. The molecule has 112 valence electrons. The first kappa shape index (κ1) is 18.4. The fourth-order valence-corrected chi connectivity index (χ4v) is 1.99. The van der Waals surface area contributed by atoms with E-state index < -0.39 is 0 Å². The number of hydrogen-bond donors (Lipinski definition) is 3. The standard InChI is InChI=1S/C14H21N3O2.ClH/c1-9-4-10(2)12(11(3)5-9)7-16-14(19)8-17-13(18)6-15;/h4-5H,6-8,15H2,1-3H3,(H,16,19)(H,17,18);1H. The molecule has 5 nitrogen and oxygen atoms in total. The number of halogens is 1. The van der Waals surface area contributed by atoms with Crippen molar-refractivity contribution in [3.63, 3.8) is 0 Å². The van der Waals surface area contributed by atoms with Crippen molar-refractivity contribution in [2.24, 2.45) is 5.73 Å². The van der Waals surface area contributed by atoms with E-state index in [0.29, 0.717) is 6.54 Å². The van der Waals surface area contributed by atoms with Crippen molar-refractivity contribution in [2.45, 2.75) is 27.3 Å². The summed E-state index contributed by atoms with van der Waals surface area (Å²) < 4.78 is 0. The van der Waals surface area contributed by atoms with Gasteiger partial charge in [-0.25, -0.2) is 0 Å². The Balaban J connectivity index is 0.00000361. The number of carbonyl (C=O) groups is 2. The molecule has 0 saturated carbocycles. The zero-order valence-corrected chi connectivity index (χ0v) is 12.9. The van der Waals surface area contributed by atoms with Crippen molar-refractivity contribution in [2.75, 3.05) is 13.1 Å². The minimum atomic E-state index is -0.335. The summed E-state index contributed by atoms with van der Waals surface area (Å²) in [6.45, 7) is 6.42. The molecule has 0 aliphatic carbocycles. The van der Waals surface area contributed by atoms with Gasteiger partial charge in [0.25, 0.3) is 0 Å². The third kappa shape index (κ3) is 5.59. The molecule has 1 rings (SSSR count). The first-order valence-electron chi connectivity index (χ1n) is 6.24. The van der Waals surface area contributed by atoms with Gasteiger partial charge in [0.1, 0.15) is 0 Å². The Labute approximate surface area is 125 Å². The van der Waals surface area contributed by atoms with Crippen molar-refractivity contribution in [1.82, 2.24) is 10.6 Å². The van der Waals surface area contributed by atoms with E-state index in [4.69, 9.17) is 5.73 Å². The predicted molar refractivity (Wildman–Crippen MR) is 81.8 cm³/mol. The lowest BCUT2D eigenvalue weighted by Crippen LogP contribution is -2.39. The summed E-state index contributed by atoms with van der Waals surface area (Å²) in [4.78, 5) is 22.5. The lowest BCUT2D eigenvalue weighted by Gasteiger charge is -2.12. The van der Waals surface area contributed by atoms with E-state index in [1.807, 2.05) is 20.8 Å². The number of nitrogens with one attached hydrogen (secondary N) is 2. The second kappa shape index (κ2) is 8.55. The van der Waals surface area contributed by atoms with E-state index in [1.54, 1.807) is 0 Å². The molecule has 2 amide bonds. The molecule has 0 aliphatic rings. The van der Waals surface area contributed by atoms with Crippen LogP contribution in [-0.4, -0.2) is 24.9 Å². The number of carbonyl (C=O) groups excluding carboxylic acids is 2. The summed E-state index contributed by atoms with van der Waals surface area (Å²) in [5.41, 5.74) is 9.77. The predicted octanol–water partition coefficient (Wildman–Crippen LogP) is 0.725. The third-order valence-corrected chi connectivity index (χ3v) is 2.93. The molecule has 0 spiro atoms. The Kier molecular flexibility index (Phi) is 7.87. The number of rotatable bonds is 5. The van der Waals surface area contributed by atoms with E-state index in [1.165, 1.54) is 5.56 Å². The zero-order chi connectivity index (χ0) is 14.4. The Morgan fingerprint density at radius 1 is 1.05 bits per heavy atom. The van der Waals surface area contributed by atoms with Gasteiger partial charge in [-0.05, 0) is 37.5 Å². The van der Waals surface area contributed by atoms with Crippen molar-refractivity contribution in [3.8, 4) is 0 Å². The van der Waals surface area contributed by atoms with E-state index in [0.717, 1.165) is 16.7 Å². The average molecular weight is 300 g/mol. The van der Waals surface area contributed by atoms with Gasteiger partial charge in [0.15, 0.2) is 0 Å². The van der Waals surface area contributed by atoms with Crippen LogP contribution in [0.1, 0.15) is 22.3 Å². The number of hydrogen-bond acceptors (Lipinski definition) is 3. The Bertz CT molecular complexity index is 466. The SMILES string of the molecule is Cc1cc(C)c(CNC(=O)CNC(=O)CN)c(C)c1.Cl. The number of aryl methyl sites for hydroxylation is 3. The molecule has 20 heavy (non-hydrogen) atoms. The van der Waals surface area contributed by atoms with Crippen LogP contribution in [0.4, 0.5) is 0 Å². The van der Waals surface area contributed by atoms with Gasteiger partial charge in [0.05, 0.1) is 13.1 Å². The summed E-state index contributed by atoms with van der Waals surface area (Å²) in [7, 11) is 0. The van der Waals surface area contributed by atoms with Crippen LogP contribution < -0.4 is 16.4 Å². The Hall–Kier alpha value is -1.59. The highest BCUT2D eigenvalue weighted by Gasteiger charge is 2.07. The first-order valence-corrected chi connectivity index (χ1v) is 6.24. The highest BCUT2D eigenvalue weighted by Crippen LogP contribution is 2.15. The van der Waals surface area contributed by atoms with E-state index in [-0.39, 0.29) is 37.3 Å². The highest BCUT2D eigenvalue weighted by atomic mass is 35.5. The maximum Gasteiger partial charge on any atom is 0.239 e. The van der Waals surface area contributed by atoms with Gasteiger partial charge in [-0.3, -0.25) is 9.59 Å². The van der Waals surface area contributed by atoms with E-state index in [9.17, 15) is 9.59 Å². The molecule has 0 unspecified atom stereocenters. The van der Waals surface area contributed by atoms with Gasteiger partial charge in [0, 0.05) is 6.54 Å². The fourth-order valence-electron chi connectivity index (χ4n) is 1.99. The molecule has 1 aromatic carbocycles. The van der Waals surface area contributed by atoms with Crippen molar-refractivity contribution < 1.29 is 9.59 Å². The molecule has 0 aliphatic heterocycles. The normalized spacial score (nSPS) is 9.60. The van der Waals surface area contributed by atoms with Gasteiger partial charge >= 0.3 is 0 Å². The molecule has 0 saturated heterocycles. The van der Waals surface area contributed by atoms with Gasteiger partial charge in [-0.2, -0.15) is 0 Å². The Morgan fingerprint density at radius 2 is 1.60 bits per heavy atom. The average Bonchev–Trinajstić information content (AvgIpc) is 2.34. The molecule has 0 aromatic heterocycles. The minimum absolute atomic E-state index is 0. The van der Waals surface area contributed by atoms with Gasteiger partial charge in [0.2, 0.25) is 11.8 Å². The molecular formula is C14H22ClN3O2. The molecule has 0 heterocycles. The lowest BCUT2D eigenvalue weighted by molar-refractivity contribution is -0.125. The molecule has 1 aromatic rings. The molecular weight excluding hydrogens is 278 g/mol. The summed E-state index contributed by atoms with van der Waals surface area (Å²) >= 11 is 0. The third-order valence-electron chi connectivity index (χ3n) is 2.93. The van der Waals surface area contributed by atoms with Crippen LogP contribution in [0.3, 0.4) is 0 Å². The van der Waals surface area contributed by atoms with Crippen LogP contribution >= 0.6 is 12.4 Å². The van der Waals surface area contributed by atoms with Crippen LogP contribution in [0.25, 0.3) is 0 Å². The Morgan fingerprint density at radius 3 is 2.10 bits per heavy atom. The summed E-state index contributed by atoms with van der Waals surface area (Å²) in [6.07, 6.45) is 0. The van der Waals surface area contributed by atoms with Crippen LogP contribution in [0.15, 0.2) is 12.1 Å². The topological polar surface area (TPSA) is 84.2 Å². The molecule has 0 bridgehead atoms. The lowest BCUT2D eigenvalue weighted by atomic mass is 10.00. The molecule has 0 radical (unpaired) electrons. The van der Waals surface area contributed by atoms with Crippen molar-refractivity contribution in [3.05, 3.63) is 34.4 Å². The highest BCUT2D eigenvalue weighted by molar-refractivity contribution is 5.85. The summed E-state index contributed by atoms with van der Waals surface area (Å²) in [5, 5.41) is 5.22. The van der Waals surface area contributed by atoms with Crippen LogP contribution in [0.5, 0.6) is 0 Å². The largest absolute Gasteiger partial charge is 0.350 e. The quantitative estimate of drug-likeness (QED) is 0.749. The van der Waals surface area contributed by atoms with Gasteiger partial charge in [-0.15, -0.1) is 12.4 Å². The fraction of sp³-hybridized carbons (Fsp3) is 0.429. The second-order valence-corrected chi connectivity index (χ2v) is 4.63. The van der Waals surface area contributed by atoms with Gasteiger partial charge in [-0.1, -0.05) is 17.7 Å². The van der Waals surface area contributed by atoms with E-state index >= 15 is 0 Å². The second-order valence-electron chi connectivity index (χ2n) is 4.63. The van der Waals surface area contributed by atoms with Crippen molar-refractivity contribution >= 4 is 24.2 Å². The number of nitrogens with two attached hydrogens (primary N) is 1. The first-order chi connectivity index (χ1) is 8.93. The summed E-state index contributed by atoms with van der Waals surface area (Å²) in [5.74, 6) is -0.556.